The molecule has 2 N–H and O–H groups in total. The predicted molar refractivity (Wildman–Crippen MR) is 58.3 cm³/mol. The molecule has 1 aromatic carbocycles. The second kappa shape index (κ2) is 4.79. The van der Waals surface area contributed by atoms with Crippen LogP contribution in [0.4, 0.5) is 18.9 Å². The molecule has 8 heteroatoms. The van der Waals surface area contributed by atoms with Gasteiger partial charge in [0, 0.05) is 5.69 Å². The van der Waals surface area contributed by atoms with E-state index in [4.69, 9.17) is 0 Å². The first-order chi connectivity index (χ1) is 8.83. The van der Waals surface area contributed by atoms with Crippen LogP contribution in [0.3, 0.4) is 0 Å². The molecule has 0 aliphatic carbocycles. The fraction of sp³-hybridized carbons (Fsp3) is 0.273. The van der Waals surface area contributed by atoms with Crippen molar-refractivity contribution in [2.75, 3.05) is 5.32 Å². The van der Waals surface area contributed by atoms with E-state index in [0.29, 0.717) is 5.69 Å². The second-order valence-corrected chi connectivity index (χ2v) is 3.89. The SMILES string of the molecule is O=C1CC(Nc2ccc(OC(F)(F)F)cc2)C(=O)N1. The Hall–Kier alpha value is -2.25. The van der Waals surface area contributed by atoms with Crippen molar-refractivity contribution in [2.24, 2.45) is 0 Å². The highest BCUT2D eigenvalue weighted by atomic mass is 19.4. The van der Waals surface area contributed by atoms with E-state index < -0.39 is 18.3 Å². The van der Waals surface area contributed by atoms with E-state index in [0.717, 1.165) is 12.1 Å². The Morgan fingerprint density at radius 3 is 2.32 bits per heavy atom. The molecule has 1 aliphatic heterocycles. The zero-order chi connectivity index (χ0) is 14.0. The van der Waals surface area contributed by atoms with Crippen LogP contribution in [0.2, 0.25) is 0 Å². The van der Waals surface area contributed by atoms with Crippen LogP contribution in [0.1, 0.15) is 6.42 Å². The van der Waals surface area contributed by atoms with Gasteiger partial charge in [-0.05, 0) is 24.3 Å². The van der Waals surface area contributed by atoms with Crippen LogP contribution in [0.15, 0.2) is 24.3 Å². The highest BCUT2D eigenvalue weighted by Crippen LogP contribution is 2.24. The lowest BCUT2D eigenvalue weighted by molar-refractivity contribution is -0.274. The standard InChI is InChI=1S/C11H9F3N2O3/c12-11(13,14)19-7-3-1-6(2-4-7)15-8-5-9(17)16-10(8)18/h1-4,8,15H,5H2,(H,16,17,18). The molecule has 0 aromatic heterocycles. The third kappa shape index (κ3) is 3.60. The maximum Gasteiger partial charge on any atom is 0.573 e. The van der Waals surface area contributed by atoms with Crippen LogP contribution in [0.5, 0.6) is 5.75 Å². The molecule has 0 radical (unpaired) electrons. The molecule has 5 nitrogen and oxygen atoms in total. The van der Waals surface area contributed by atoms with E-state index in [-0.39, 0.29) is 18.1 Å². The number of ether oxygens (including phenoxy) is 1. The Labute approximate surface area is 105 Å². The first-order valence-corrected chi connectivity index (χ1v) is 5.29. The summed E-state index contributed by atoms with van der Waals surface area (Å²) in [5.74, 6) is -1.20. The number of hydrogen-bond acceptors (Lipinski definition) is 4. The summed E-state index contributed by atoms with van der Waals surface area (Å²) in [6.45, 7) is 0. The summed E-state index contributed by atoms with van der Waals surface area (Å²) in [6.07, 6.45) is -4.74. The molecule has 1 unspecified atom stereocenters. The molecule has 19 heavy (non-hydrogen) atoms. The predicted octanol–water partition coefficient (Wildman–Crippen LogP) is 1.41. The number of nitrogens with one attached hydrogen (secondary N) is 2. The van der Waals surface area contributed by atoms with Crippen LogP contribution < -0.4 is 15.4 Å². The van der Waals surface area contributed by atoms with Crippen molar-refractivity contribution in [1.29, 1.82) is 0 Å². The van der Waals surface area contributed by atoms with Crippen molar-refractivity contribution in [3.63, 3.8) is 0 Å². The lowest BCUT2D eigenvalue weighted by Crippen LogP contribution is -2.29. The van der Waals surface area contributed by atoms with Crippen molar-refractivity contribution >= 4 is 17.5 Å². The van der Waals surface area contributed by atoms with Gasteiger partial charge in [0.15, 0.2) is 0 Å². The number of carbonyl (C=O) groups excluding carboxylic acids is 2. The molecule has 0 saturated carbocycles. The number of anilines is 1. The Morgan fingerprint density at radius 1 is 1.21 bits per heavy atom. The van der Waals surface area contributed by atoms with Crippen molar-refractivity contribution in [1.82, 2.24) is 5.32 Å². The summed E-state index contributed by atoms with van der Waals surface area (Å²) >= 11 is 0. The largest absolute Gasteiger partial charge is 0.573 e. The number of hydrogen-bond donors (Lipinski definition) is 2. The molecule has 1 atom stereocenters. The quantitative estimate of drug-likeness (QED) is 0.818. The first kappa shape index (κ1) is 13.2. The molecule has 1 heterocycles. The minimum absolute atomic E-state index is 0.000361. The maximum absolute atomic E-state index is 11.9. The van der Waals surface area contributed by atoms with Gasteiger partial charge in [0.05, 0.1) is 6.42 Å². The van der Waals surface area contributed by atoms with Crippen LogP contribution in [-0.2, 0) is 9.59 Å². The van der Waals surface area contributed by atoms with E-state index in [2.05, 4.69) is 15.4 Å². The molecule has 2 amide bonds. The Kier molecular flexibility index (Phi) is 3.32. The van der Waals surface area contributed by atoms with Gasteiger partial charge >= 0.3 is 6.36 Å². The van der Waals surface area contributed by atoms with Gasteiger partial charge in [-0.3, -0.25) is 14.9 Å². The van der Waals surface area contributed by atoms with Gasteiger partial charge in [0.2, 0.25) is 11.8 Å². The van der Waals surface area contributed by atoms with Crippen LogP contribution in [0.25, 0.3) is 0 Å². The summed E-state index contributed by atoms with van der Waals surface area (Å²) < 4.78 is 39.5. The minimum atomic E-state index is -4.74. The van der Waals surface area contributed by atoms with Crippen molar-refractivity contribution in [3.05, 3.63) is 24.3 Å². The monoisotopic (exact) mass is 274 g/mol. The maximum atomic E-state index is 11.9. The molecule has 102 valence electrons. The van der Waals surface area contributed by atoms with Crippen LogP contribution in [-0.4, -0.2) is 24.2 Å². The number of rotatable bonds is 3. The minimum Gasteiger partial charge on any atom is -0.406 e. The van der Waals surface area contributed by atoms with Gasteiger partial charge in [-0.2, -0.15) is 0 Å². The molecule has 1 saturated heterocycles. The van der Waals surface area contributed by atoms with Crippen LogP contribution in [0, 0.1) is 0 Å². The summed E-state index contributed by atoms with van der Waals surface area (Å²) in [6, 6.07) is 4.19. The third-order valence-corrected chi connectivity index (χ3v) is 2.40. The second-order valence-electron chi connectivity index (χ2n) is 3.89. The van der Waals surface area contributed by atoms with Crippen LogP contribution >= 0.6 is 0 Å². The Bertz CT molecular complexity index is 499. The fourth-order valence-electron chi connectivity index (χ4n) is 1.62. The zero-order valence-electron chi connectivity index (χ0n) is 9.45. The lowest BCUT2D eigenvalue weighted by Gasteiger charge is -2.12. The normalized spacial score (nSPS) is 19.2. The zero-order valence-corrected chi connectivity index (χ0v) is 9.45. The first-order valence-electron chi connectivity index (χ1n) is 5.29. The molecule has 0 bridgehead atoms. The van der Waals surface area contributed by atoms with E-state index in [1.165, 1.54) is 12.1 Å². The Morgan fingerprint density at radius 2 is 1.84 bits per heavy atom. The number of amides is 2. The van der Waals surface area contributed by atoms with Gasteiger partial charge in [-0.1, -0.05) is 0 Å². The Balaban J connectivity index is 1.99. The molecule has 1 aromatic rings. The van der Waals surface area contributed by atoms with Crippen molar-refractivity contribution in [2.45, 2.75) is 18.8 Å². The molecular formula is C11H9F3N2O3. The molecule has 2 rings (SSSR count). The lowest BCUT2D eigenvalue weighted by atomic mass is 10.2. The van der Waals surface area contributed by atoms with Gasteiger partial charge in [0.1, 0.15) is 11.8 Å². The highest BCUT2D eigenvalue weighted by Gasteiger charge is 2.32. The third-order valence-electron chi connectivity index (χ3n) is 2.40. The van der Waals surface area contributed by atoms with E-state index in [1.807, 2.05) is 0 Å². The average Bonchev–Trinajstić information content (AvgIpc) is 2.58. The molecule has 1 aliphatic rings. The van der Waals surface area contributed by atoms with E-state index in [9.17, 15) is 22.8 Å². The smallest absolute Gasteiger partial charge is 0.406 e. The number of alkyl halides is 3. The van der Waals surface area contributed by atoms with Gasteiger partial charge in [-0.25, -0.2) is 0 Å². The van der Waals surface area contributed by atoms with E-state index in [1.54, 1.807) is 0 Å². The summed E-state index contributed by atoms with van der Waals surface area (Å²) in [5.41, 5.74) is 0.421. The fourth-order valence-corrected chi connectivity index (χ4v) is 1.62. The molecule has 0 spiro atoms. The van der Waals surface area contributed by atoms with Crippen molar-refractivity contribution in [3.8, 4) is 5.75 Å². The summed E-state index contributed by atoms with van der Waals surface area (Å²) in [4.78, 5) is 22.2. The summed E-state index contributed by atoms with van der Waals surface area (Å²) in [5, 5.41) is 4.86. The highest BCUT2D eigenvalue weighted by molar-refractivity contribution is 6.06. The van der Waals surface area contributed by atoms with Gasteiger partial charge in [-0.15, -0.1) is 13.2 Å². The van der Waals surface area contributed by atoms with Gasteiger partial charge in [0.25, 0.3) is 0 Å². The topological polar surface area (TPSA) is 67.4 Å². The summed E-state index contributed by atoms with van der Waals surface area (Å²) in [7, 11) is 0. The average molecular weight is 274 g/mol. The molecule has 1 fully saturated rings. The van der Waals surface area contributed by atoms with E-state index >= 15 is 0 Å². The number of halogens is 3. The van der Waals surface area contributed by atoms with Gasteiger partial charge < -0.3 is 10.1 Å². The molecular weight excluding hydrogens is 265 g/mol. The number of imide groups is 1. The van der Waals surface area contributed by atoms with Crippen molar-refractivity contribution < 1.29 is 27.5 Å². The number of carbonyl (C=O) groups is 2. The number of benzene rings is 1.